The van der Waals surface area contributed by atoms with Crippen molar-refractivity contribution in [3.8, 4) is 23.0 Å². The molecule has 2 aliphatic heterocycles. The number of ether oxygens (including phenoxy) is 4. The van der Waals surface area contributed by atoms with Gasteiger partial charge in [0.05, 0.1) is 19.3 Å². The van der Waals surface area contributed by atoms with Crippen molar-refractivity contribution in [2.24, 2.45) is 16.0 Å². The zero-order valence-corrected chi connectivity index (χ0v) is 22.1. The molecule has 0 radical (unpaired) electrons. The van der Waals surface area contributed by atoms with Gasteiger partial charge in [-0.15, -0.1) is 0 Å². The number of methoxy groups -OCH3 is 1. The standard InChI is InChI=1S/C27H30N4O5S/c1-5-34-23-16-18(6-11-22(23)36-13-12-35-20-9-7-19(33-4)8-10-20)15-21-25(28)31-27(29-26(21)32)37-24(30-31)14-17(2)3/h6-11,15-17,28H,5,12-14H2,1-4H3/b21-15-,28-25?. The van der Waals surface area contributed by atoms with Gasteiger partial charge in [-0.1, -0.05) is 19.9 Å². The summed E-state index contributed by atoms with van der Waals surface area (Å²) < 4.78 is 22.5. The van der Waals surface area contributed by atoms with Crippen LogP contribution in [-0.2, 0) is 4.79 Å². The monoisotopic (exact) mass is 522 g/mol. The fourth-order valence-corrected chi connectivity index (χ4v) is 4.71. The number of hydrogen-bond acceptors (Lipinski definition) is 8. The smallest absolute Gasteiger partial charge is 0.283 e. The molecule has 0 saturated carbocycles. The first-order chi connectivity index (χ1) is 17.9. The van der Waals surface area contributed by atoms with Gasteiger partial charge in [-0.25, -0.2) is 0 Å². The minimum absolute atomic E-state index is 0.00947. The molecule has 0 fully saturated rings. The second kappa shape index (κ2) is 12.0. The average Bonchev–Trinajstić information content (AvgIpc) is 3.27. The van der Waals surface area contributed by atoms with E-state index in [1.54, 1.807) is 31.4 Å². The van der Waals surface area contributed by atoms with Gasteiger partial charge in [-0.2, -0.15) is 15.1 Å². The Morgan fingerprint density at radius 3 is 2.46 bits per heavy atom. The number of amidine groups is 2. The number of thioether (sulfide) groups is 1. The highest BCUT2D eigenvalue weighted by Gasteiger charge is 2.35. The number of rotatable bonds is 11. The Morgan fingerprint density at radius 1 is 1.03 bits per heavy atom. The highest BCUT2D eigenvalue weighted by atomic mass is 32.2. The normalized spacial score (nSPS) is 16.0. The Kier molecular flexibility index (Phi) is 8.50. The van der Waals surface area contributed by atoms with E-state index in [2.05, 4.69) is 23.9 Å². The molecule has 1 N–H and O–H groups in total. The van der Waals surface area contributed by atoms with Gasteiger partial charge in [0, 0.05) is 6.42 Å². The summed E-state index contributed by atoms with van der Waals surface area (Å²) in [6, 6.07) is 12.7. The summed E-state index contributed by atoms with van der Waals surface area (Å²) >= 11 is 1.34. The molecule has 0 bridgehead atoms. The third-order valence-corrected chi connectivity index (χ3v) is 6.26. The molecule has 194 valence electrons. The summed E-state index contributed by atoms with van der Waals surface area (Å²) in [5.74, 6) is 2.55. The van der Waals surface area contributed by atoms with Crippen LogP contribution in [0.25, 0.3) is 6.08 Å². The Labute approximate surface area is 220 Å². The van der Waals surface area contributed by atoms with Gasteiger partial charge in [0.2, 0.25) is 5.17 Å². The van der Waals surface area contributed by atoms with Crippen molar-refractivity contribution in [2.45, 2.75) is 27.2 Å². The van der Waals surface area contributed by atoms with Crippen molar-refractivity contribution >= 4 is 39.8 Å². The van der Waals surface area contributed by atoms with Crippen LogP contribution in [0.5, 0.6) is 23.0 Å². The number of nitrogens with one attached hydrogen (secondary N) is 1. The third-order valence-electron chi connectivity index (χ3n) is 5.33. The molecule has 2 aliphatic rings. The maximum absolute atomic E-state index is 12.7. The summed E-state index contributed by atoms with van der Waals surface area (Å²) in [5.41, 5.74) is 0.859. The number of hydrogen-bond donors (Lipinski definition) is 1. The average molecular weight is 523 g/mol. The van der Waals surface area contributed by atoms with Crippen molar-refractivity contribution < 1.29 is 23.7 Å². The van der Waals surface area contributed by atoms with E-state index in [1.165, 1.54) is 16.8 Å². The van der Waals surface area contributed by atoms with E-state index >= 15 is 0 Å². The van der Waals surface area contributed by atoms with E-state index in [0.29, 0.717) is 48.0 Å². The number of aliphatic imine (C=N–C) groups is 1. The summed E-state index contributed by atoms with van der Waals surface area (Å²) in [4.78, 5) is 16.9. The Bertz CT molecular complexity index is 1250. The van der Waals surface area contributed by atoms with Crippen molar-refractivity contribution in [3.63, 3.8) is 0 Å². The highest BCUT2D eigenvalue weighted by molar-refractivity contribution is 8.26. The predicted octanol–water partition coefficient (Wildman–Crippen LogP) is 5.22. The lowest BCUT2D eigenvalue weighted by Crippen LogP contribution is -2.35. The van der Waals surface area contributed by atoms with E-state index in [9.17, 15) is 4.79 Å². The SMILES string of the molecule is CCOc1cc(/C=C2/C(=N)N3N=C(CC(C)C)SC3=NC2=O)ccc1OCCOc1ccc(OC)cc1. The lowest BCUT2D eigenvalue weighted by Gasteiger charge is -2.20. The molecule has 2 heterocycles. The Morgan fingerprint density at radius 2 is 1.76 bits per heavy atom. The molecule has 10 heteroatoms. The van der Waals surface area contributed by atoms with Crippen LogP contribution in [0.4, 0.5) is 0 Å². The van der Waals surface area contributed by atoms with E-state index < -0.39 is 5.91 Å². The van der Waals surface area contributed by atoms with Crippen LogP contribution in [0.15, 0.2) is 58.1 Å². The molecule has 4 rings (SSSR count). The quantitative estimate of drug-likeness (QED) is 0.319. The van der Waals surface area contributed by atoms with Crippen molar-refractivity contribution in [1.82, 2.24) is 5.01 Å². The number of hydrazone groups is 1. The fraction of sp³-hybridized carbons (Fsp3) is 0.333. The second-order valence-electron chi connectivity index (χ2n) is 8.62. The number of amides is 1. The Hall–Kier alpha value is -3.79. The maximum Gasteiger partial charge on any atom is 0.283 e. The molecule has 0 aromatic heterocycles. The van der Waals surface area contributed by atoms with Crippen LogP contribution in [0.2, 0.25) is 0 Å². The van der Waals surface area contributed by atoms with Gasteiger partial charge >= 0.3 is 0 Å². The van der Waals surface area contributed by atoms with Crippen LogP contribution < -0.4 is 18.9 Å². The zero-order valence-electron chi connectivity index (χ0n) is 21.3. The minimum Gasteiger partial charge on any atom is -0.497 e. The molecule has 2 aromatic rings. The first kappa shape index (κ1) is 26.3. The third kappa shape index (κ3) is 6.51. The molecule has 0 saturated heterocycles. The molecule has 9 nitrogen and oxygen atoms in total. The van der Waals surface area contributed by atoms with Crippen LogP contribution in [0, 0.1) is 11.3 Å². The lowest BCUT2D eigenvalue weighted by molar-refractivity contribution is -0.114. The van der Waals surface area contributed by atoms with Crippen molar-refractivity contribution in [2.75, 3.05) is 26.9 Å². The summed E-state index contributed by atoms with van der Waals surface area (Å²) in [6.45, 7) is 7.19. The molecule has 0 aliphatic carbocycles. The van der Waals surface area contributed by atoms with Crippen LogP contribution >= 0.6 is 11.8 Å². The summed E-state index contributed by atoms with van der Waals surface area (Å²) in [5, 5.41) is 15.8. The van der Waals surface area contributed by atoms with Crippen LogP contribution in [-0.4, -0.2) is 53.9 Å². The van der Waals surface area contributed by atoms with E-state index in [0.717, 1.165) is 23.0 Å². The fourth-order valence-electron chi connectivity index (χ4n) is 3.62. The number of benzene rings is 2. The largest absolute Gasteiger partial charge is 0.497 e. The van der Waals surface area contributed by atoms with Gasteiger partial charge < -0.3 is 18.9 Å². The molecular weight excluding hydrogens is 492 g/mol. The van der Waals surface area contributed by atoms with Gasteiger partial charge in [0.1, 0.15) is 29.8 Å². The molecule has 37 heavy (non-hydrogen) atoms. The second-order valence-corrected chi connectivity index (χ2v) is 9.66. The van der Waals surface area contributed by atoms with Gasteiger partial charge in [0.25, 0.3) is 5.91 Å². The van der Waals surface area contributed by atoms with E-state index in [1.807, 2.05) is 31.2 Å². The zero-order chi connectivity index (χ0) is 26.4. The number of carbonyl (C=O) groups is 1. The van der Waals surface area contributed by atoms with Crippen molar-refractivity contribution in [1.29, 1.82) is 5.41 Å². The summed E-state index contributed by atoms with van der Waals surface area (Å²) in [7, 11) is 1.62. The molecule has 1 amide bonds. The van der Waals surface area contributed by atoms with Crippen LogP contribution in [0.1, 0.15) is 32.8 Å². The predicted molar refractivity (Wildman–Crippen MR) is 146 cm³/mol. The first-order valence-corrected chi connectivity index (χ1v) is 12.8. The molecular formula is C27H30N4O5S. The van der Waals surface area contributed by atoms with Crippen LogP contribution in [0.3, 0.4) is 0 Å². The van der Waals surface area contributed by atoms with Crippen molar-refractivity contribution in [3.05, 3.63) is 53.6 Å². The van der Waals surface area contributed by atoms with Gasteiger partial charge in [0.15, 0.2) is 17.3 Å². The maximum atomic E-state index is 12.7. The summed E-state index contributed by atoms with van der Waals surface area (Å²) in [6.07, 6.45) is 2.40. The number of nitrogens with zero attached hydrogens (tertiary/aromatic N) is 3. The minimum atomic E-state index is -0.460. The molecule has 0 atom stereocenters. The van der Waals surface area contributed by atoms with Gasteiger partial charge in [-0.05, 0) is 72.6 Å². The highest BCUT2D eigenvalue weighted by Crippen LogP contribution is 2.33. The molecule has 0 spiro atoms. The molecule has 2 aromatic carbocycles. The van der Waals surface area contributed by atoms with E-state index in [4.69, 9.17) is 24.4 Å². The number of carbonyl (C=O) groups excluding carboxylic acids is 1. The van der Waals surface area contributed by atoms with E-state index in [-0.39, 0.29) is 11.4 Å². The lowest BCUT2D eigenvalue weighted by atomic mass is 10.1. The Balaban J connectivity index is 1.44. The molecule has 0 unspecified atom stereocenters. The topological polar surface area (TPSA) is 106 Å². The first-order valence-electron chi connectivity index (χ1n) is 12.0. The van der Waals surface area contributed by atoms with Gasteiger partial charge in [-0.3, -0.25) is 10.2 Å². The number of fused-ring (bicyclic) bond motifs is 1.